The topological polar surface area (TPSA) is 59.8 Å². The minimum atomic E-state index is 0.0684. The van der Waals surface area contributed by atoms with Crippen molar-refractivity contribution in [1.82, 2.24) is 14.8 Å². The maximum Gasteiger partial charge on any atom is 0.217 e. The Kier molecular flexibility index (Phi) is 5.89. The summed E-state index contributed by atoms with van der Waals surface area (Å²) in [6.07, 6.45) is 0.260. The highest BCUT2D eigenvalue weighted by atomic mass is 32.2. The molecule has 152 valence electrons. The summed E-state index contributed by atoms with van der Waals surface area (Å²) in [6, 6.07) is 16.9. The summed E-state index contributed by atoms with van der Waals surface area (Å²) in [5.41, 5.74) is 4.74. The highest BCUT2D eigenvalue weighted by Crippen LogP contribution is 2.27. The van der Waals surface area contributed by atoms with Crippen LogP contribution in [-0.4, -0.2) is 47.3 Å². The van der Waals surface area contributed by atoms with Crippen LogP contribution in [0.1, 0.15) is 17.4 Å². The number of hydrogen-bond acceptors (Lipinski definition) is 5. The second-order valence-corrected chi connectivity index (χ2v) is 8.61. The number of thioether (sulfide) groups is 1. The molecule has 1 aliphatic rings. The molecule has 29 heavy (non-hydrogen) atoms. The van der Waals surface area contributed by atoms with Crippen molar-refractivity contribution in [3.05, 3.63) is 59.7 Å². The van der Waals surface area contributed by atoms with Gasteiger partial charge in [-0.1, -0.05) is 36.0 Å². The van der Waals surface area contributed by atoms with Crippen LogP contribution in [0.5, 0.6) is 0 Å². The maximum atomic E-state index is 6.27. The van der Waals surface area contributed by atoms with E-state index in [0.717, 1.165) is 28.8 Å². The van der Waals surface area contributed by atoms with E-state index in [2.05, 4.69) is 82.4 Å². The van der Waals surface area contributed by atoms with Crippen LogP contribution in [-0.2, 0) is 11.8 Å². The third-order valence-corrected chi connectivity index (χ3v) is 6.46. The zero-order valence-corrected chi connectivity index (χ0v) is 18.2. The van der Waals surface area contributed by atoms with Crippen molar-refractivity contribution in [3.63, 3.8) is 0 Å². The summed E-state index contributed by atoms with van der Waals surface area (Å²) in [5, 5.41) is 12.0. The third kappa shape index (κ3) is 4.32. The van der Waals surface area contributed by atoms with E-state index >= 15 is 0 Å². The summed E-state index contributed by atoms with van der Waals surface area (Å²) in [7, 11) is 6.13. The van der Waals surface area contributed by atoms with E-state index in [1.807, 2.05) is 19.2 Å². The molecule has 1 aliphatic heterocycles. The van der Waals surface area contributed by atoms with Gasteiger partial charge in [-0.2, -0.15) is 0 Å². The Labute approximate surface area is 176 Å². The van der Waals surface area contributed by atoms with Crippen molar-refractivity contribution in [2.45, 2.75) is 24.4 Å². The highest BCUT2D eigenvalue weighted by Gasteiger charge is 2.30. The number of hydrogen-bond donors (Lipinski definition) is 1. The first kappa shape index (κ1) is 19.9. The summed E-state index contributed by atoms with van der Waals surface area (Å²) in [5.74, 6) is 1.77. The fraction of sp³-hybridized carbons (Fsp3) is 0.364. The molecule has 1 fully saturated rings. The second kappa shape index (κ2) is 8.57. The van der Waals surface area contributed by atoms with E-state index < -0.39 is 0 Å². The summed E-state index contributed by atoms with van der Waals surface area (Å²) < 4.78 is 8.35. The van der Waals surface area contributed by atoms with Crippen molar-refractivity contribution in [2.24, 2.45) is 7.05 Å². The average molecular weight is 411 g/mol. The molecular weight excluding hydrogens is 382 g/mol. The van der Waals surface area contributed by atoms with E-state index in [-0.39, 0.29) is 12.3 Å². The van der Waals surface area contributed by atoms with Gasteiger partial charge < -0.3 is 19.5 Å². The molecule has 4 rings (SSSR count). The number of benzene rings is 2. The SMILES string of the molecule is Cc1ccccc1-c1nnc(SC[C@@H]2C[NH2+][C@H](c3ccc(N(C)C)cc3)O2)n1C. The Hall–Kier alpha value is -2.35. The molecule has 2 N–H and O–H groups in total. The first-order valence-electron chi connectivity index (χ1n) is 9.87. The van der Waals surface area contributed by atoms with Crippen LogP contribution in [0.4, 0.5) is 5.69 Å². The van der Waals surface area contributed by atoms with Crippen LogP contribution in [0.3, 0.4) is 0 Å². The molecule has 0 radical (unpaired) electrons. The standard InChI is InChI=1S/C22H27N5OS/c1-15-7-5-6-8-19(15)20-24-25-22(27(20)4)29-14-18-13-23-21(28-18)16-9-11-17(12-10-16)26(2)3/h5-12,18,21,23H,13-14H2,1-4H3/p+1/t18-,21-/m0/s1. The minimum Gasteiger partial charge on any atom is -0.378 e. The van der Waals surface area contributed by atoms with E-state index in [4.69, 9.17) is 4.74 Å². The predicted octanol–water partition coefficient (Wildman–Crippen LogP) is 2.61. The molecule has 1 saturated heterocycles. The Morgan fingerprint density at radius 3 is 2.62 bits per heavy atom. The lowest BCUT2D eigenvalue weighted by atomic mass is 10.1. The molecule has 1 aromatic heterocycles. The summed E-state index contributed by atoms with van der Waals surface area (Å²) in [6.45, 7) is 3.06. The first-order chi connectivity index (χ1) is 14.0. The maximum absolute atomic E-state index is 6.27. The number of aromatic nitrogens is 3. The molecule has 0 saturated carbocycles. The molecule has 2 heterocycles. The van der Waals surface area contributed by atoms with Crippen LogP contribution in [0.25, 0.3) is 11.4 Å². The molecule has 0 amide bonds. The summed E-state index contributed by atoms with van der Waals surface area (Å²) >= 11 is 1.71. The molecule has 2 atom stereocenters. The van der Waals surface area contributed by atoms with Crippen molar-refractivity contribution in [1.29, 1.82) is 0 Å². The lowest BCUT2D eigenvalue weighted by Gasteiger charge is -2.14. The molecule has 0 aliphatic carbocycles. The van der Waals surface area contributed by atoms with E-state index in [1.54, 1.807) is 11.8 Å². The van der Waals surface area contributed by atoms with Crippen LogP contribution in [0.15, 0.2) is 53.7 Å². The van der Waals surface area contributed by atoms with Crippen LogP contribution in [0.2, 0.25) is 0 Å². The molecule has 7 heteroatoms. The molecule has 6 nitrogen and oxygen atoms in total. The van der Waals surface area contributed by atoms with Crippen molar-refractivity contribution < 1.29 is 10.1 Å². The van der Waals surface area contributed by atoms with E-state index in [1.165, 1.54) is 16.8 Å². The number of nitrogens with two attached hydrogens (primary N) is 1. The van der Waals surface area contributed by atoms with Gasteiger partial charge in [0.2, 0.25) is 6.23 Å². The van der Waals surface area contributed by atoms with Gasteiger partial charge in [0, 0.05) is 43.7 Å². The Balaban J connectivity index is 1.36. The molecular formula is C22H28N5OS+. The van der Waals surface area contributed by atoms with Gasteiger partial charge in [0.15, 0.2) is 11.0 Å². The van der Waals surface area contributed by atoms with Gasteiger partial charge in [-0.15, -0.1) is 10.2 Å². The molecule has 2 aromatic carbocycles. The van der Waals surface area contributed by atoms with Gasteiger partial charge in [0.05, 0.1) is 0 Å². The number of anilines is 1. The van der Waals surface area contributed by atoms with E-state index in [0.29, 0.717) is 0 Å². The van der Waals surface area contributed by atoms with Crippen LogP contribution >= 0.6 is 11.8 Å². The van der Waals surface area contributed by atoms with Crippen LogP contribution < -0.4 is 10.2 Å². The van der Waals surface area contributed by atoms with Gasteiger partial charge in [0.25, 0.3) is 0 Å². The highest BCUT2D eigenvalue weighted by molar-refractivity contribution is 7.99. The number of ether oxygens (including phenoxy) is 1. The quantitative estimate of drug-likeness (QED) is 0.633. The van der Waals surface area contributed by atoms with Gasteiger partial charge >= 0.3 is 0 Å². The lowest BCUT2D eigenvalue weighted by Crippen LogP contribution is -2.82. The number of quaternary nitrogens is 1. The van der Waals surface area contributed by atoms with Gasteiger partial charge in [-0.25, -0.2) is 0 Å². The predicted molar refractivity (Wildman–Crippen MR) is 117 cm³/mol. The Bertz CT molecular complexity index is 970. The third-order valence-electron chi connectivity index (χ3n) is 5.31. The fourth-order valence-electron chi connectivity index (χ4n) is 3.54. The zero-order chi connectivity index (χ0) is 20.4. The van der Waals surface area contributed by atoms with E-state index in [9.17, 15) is 0 Å². The smallest absolute Gasteiger partial charge is 0.217 e. The van der Waals surface area contributed by atoms with Crippen molar-refractivity contribution in [2.75, 3.05) is 31.3 Å². The normalized spacial score (nSPS) is 18.9. The Morgan fingerprint density at radius 1 is 1.14 bits per heavy atom. The largest absolute Gasteiger partial charge is 0.378 e. The Morgan fingerprint density at radius 2 is 1.90 bits per heavy atom. The number of nitrogens with zero attached hydrogens (tertiary/aromatic N) is 4. The molecule has 0 unspecified atom stereocenters. The molecule has 0 spiro atoms. The summed E-state index contributed by atoms with van der Waals surface area (Å²) in [4.78, 5) is 2.11. The second-order valence-electron chi connectivity index (χ2n) is 7.63. The first-order valence-corrected chi connectivity index (χ1v) is 10.9. The number of rotatable bonds is 6. The molecule has 0 bridgehead atoms. The average Bonchev–Trinajstić information content (AvgIpc) is 3.34. The zero-order valence-electron chi connectivity index (χ0n) is 17.4. The van der Waals surface area contributed by atoms with Gasteiger partial charge in [-0.3, -0.25) is 0 Å². The van der Waals surface area contributed by atoms with Crippen molar-refractivity contribution in [3.8, 4) is 11.4 Å². The van der Waals surface area contributed by atoms with Gasteiger partial charge in [-0.05, 0) is 36.8 Å². The molecule has 3 aromatic rings. The fourth-order valence-corrected chi connectivity index (χ4v) is 4.47. The minimum absolute atomic E-state index is 0.0684. The number of aryl methyl sites for hydroxylation is 1. The monoisotopic (exact) mass is 410 g/mol. The van der Waals surface area contributed by atoms with Crippen LogP contribution in [0, 0.1) is 6.92 Å². The van der Waals surface area contributed by atoms with Gasteiger partial charge in [0.1, 0.15) is 12.6 Å². The van der Waals surface area contributed by atoms with Crippen molar-refractivity contribution >= 4 is 17.4 Å². The lowest BCUT2D eigenvalue weighted by molar-refractivity contribution is -0.697.